The number of hydrogen-bond donors (Lipinski definition) is 1. The van der Waals surface area contributed by atoms with E-state index >= 15 is 0 Å². The zero-order chi connectivity index (χ0) is 15.7. The fraction of sp³-hybridized carbons (Fsp3) is 0.250. The van der Waals surface area contributed by atoms with E-state index < -0.39 is 6.10 Å². The summed E-state index contributed by atoms with van der Waals surface area (Å²) in [7, 11) is 0. The van der Waals surface area contributed by atoms with Crippen molar-refractivity contribution in [3.05, 3.63) is 58.2 Å². The Kier molecular flexibility index (Phi) is 4.04. The summed E-state index contributed by atoms with van der Waals surface area (Å²) in [5, 5.41) is 10.9. The van der Waals surface area contributed by atoms with E-state index in [2.05, 4.69) is 9.97 Å². The van der Waals surface area contributed by atoms with Crippen LogP contribution in [0.5, 0.6) is 0 Å². The first kappa shape index (κ1) is 14.9. The molecule has 0 saturated carbocycles. The zero-order valence-electron chi connectivity index (χ0n) is 12.3. The van der Waals surface area contributed by atoms with E-state index in [0.29, 0.717) is 12.1 Å². The third-order valence-corrected chi connectivity index (χ3v) is 4.36. The fourth-order valence-electron chi connectivity index (χ4n) is 2.43. The maximum Gasteiger partial charge on any atom is 0.123 e. The Morgan fingerprint density at radius 1 is 1.41 bits per heavy atom. The first-order valence-corrected chi connectivity index (χ1v) is 7.76. The van der Waals surface area contributed by atoms with Crippen LogP contribution in [0.25, 0.3) is 11.3 Å². The molecule has 0 amide bonds. The molecule has 2 heterocycles. The molecular weight excluding hydrogens is 301 g/mol. The van der Waals surface area contributed by atoms with Crippen molar-refractivity contribution in [1.82, 2.24) is 14.5 Å². The second-order valence-electron chi connectivity index (χ2n) is 5.15. The van der Waals surface area contributed by atoms with Gasteiger partial charge in [0.15, 0.2) is 0 Å². The Hall–Kier alpha value is -2.05. The summed E-state index contributed by atoms with van der Waals surface area (Å²) in [6, 6.07) is 4.45. The number of nitrogens with zero attached hydrogens (tertiary/aromatic N) is 3. The van der Waals surface area contributed by atoms with Gasteiger partial charge in [-0.15, -0.1) is 11.3 Å². The lowest BCUT2D eigenvalue weighted by Gasteiger charge is -2.12. The van der Waals surface area contributed by atoms with Gasteiger partial charge in [0.1, 0.15) is 5.82 Å². The number of aliphatic hydroxyl groups excluding tert-OH is 1. The van der Waals surface area contributed by atoms with Gasteiger partial charge in [0.25, 0.3) is 0 Å². The van der Waals surface area contributed by atoms with Crippen molar-refractivity contribution < 1.29 is 9.50 Å². The van der Waals surface area contributed by atoms with Gasteiger partial charge in [-0.25, -0.2) is 14.4 Å². The van der Waals surface area contributed by atoms with Crippen molar-refractivity contribution in [2.24, 2.45) is 0 Å². The number of imidazole rings is 1. The number of benzene rings is 1. The topological polar surface area (TPSA) is 50.9 Å². The summed E-state index contributed by atoms with van der Waals surface area (Å²) in [5.41, 5.74) is 2.13. The highest BCUT2D eigenvalue weighted by molar-refractivity contribution is 7.12. The van der Waals surface area contributed by atoms with Crippen molar-refractivity contribution >= 4 is 11.3 Å². The Labute approximate surface area is 131 Å². The molecule has 0 bridgehead atoms. The van der Waals surface area contributed by atoms with Gasteiger partial charge >= 0.3 is 0 Å². The fourth-order valence-corrected chi connectivity index (χ4v) is 3.39. The van der Waals surface area contributed by atoms with Crippen LogP contribution in [0, 0.1) is 12.7 Å². The third-order valence-electron chi connectivity index (χ3n) is 3.41. The lowest BCUT2D eigenvalue weighted by Crippen LogP contribution is -2.00. The van der Waals surface area contributed by atoms with Crippen LogP contribution >= 0.6 is 11.3 Å². The first-order chi connectivity index (χ1) is 10.5. The maximum absolute atomic E-state index is 13.5. The predicted molar refractivity (Wildman–Crippen MR) is 84.2 cm³/mol. The highest BCUT2D eigenvalue weighted by Gasteiger charge is 2.18. The summed E-state index contributed by atoms with van der Waals surface area (Å²) >= 11 is 1.60. The maximum atomic E-state index is 13.5. The van der Waals surface area contributed by atoms with Crippen molar-refractivity contribution in [2.75, 3.05) is 0 Å². The molecule has 1 aromatic carbocycles. The summed E-state index contributed by atoms with van der Waals surface area (Å²) in [6.07, 6.45) is 4.61. The number of aliphatic hydroxyl groups is 1. The molecule has 0 aliphatic carbocycles. The summed E-state index contributed by atoms with van der Waals surface area (Å²) in [4.78, 5) is 9.69. The number of aromatic nitrogens is 3. The van der Waals surface area contributed by atoms with Gasteiger partial charge in [0, 0.05) is 18.0 Å². The Morgan fingerprint density at radius 2 is 2.23 bits per heavy atom. The van der Waals surface area contributed by atoms with Crippen molar-refractivity contribution in [3.8, 4) is 11.3 Å². The SMILES string of the molecule is Cc1nc(-c2ccc(F)cc2C(C)O)c(Cn2ccnc2)s1. The minimum Gasteiger partial charge on any atom is -0.389 e. The molecule has 0 aliphatic heterocycles. The molecule has 114 valence electrons. The smallest absolute Gasteiger partial charge is 0.123 e. The standard InChI is InChI=1S/C16H16FN3OS/c1-10(21)14-7-12(17)3-4-13(14)16-15(22-11(2)19-16)8-20-6-5-18-9-20/h3-7,9-10,21H,8H2,1-2H3. The van der Waals surface area contributed by atoms with E-state index in [1.54, 1.807) is 36.9 Å². The van der Waals surface area contributed by atoms with Gasteiger partial charge in [0.05, 0.1) is 34.6 Å². The van der Waals surface area contributed by atoms with Crippen LogP contribution in [0.1, 0.15) is 28.5 Å². The van der Waals surface area contributed by atoms with Crippen molar-refractivity contribution in [3.63, 3.8) is 0 Å². The molecule has 3 rings (SSSR count). The van der Waals surface area contributed by atoms with Crippen LogP contribution in [0.3, 0.4) is 0 Å². The van der Waals surface area contributed by atoms with Gasteiger partial charge < -0.3 is 9.67 Å². The summed E-state index contributed by atoms with van der Waals surface area (Å²) in [6.45, 7) is 4.22. The molecule has 6 heteroatoms. The zero-order valence-corrected chi connectivity index (χ0v) is 13.1. The number of aryl methyl sites for hydroxylation is 1. The normalized spacial score (nSPS) is 12.5. The van der Waals surface area contributed by atoms with Gasteiger partial charge in [-0.3, -0.25) is 0 Å². The second-order valence-corrected chi connectivity index (χ2v) is 6.43. The van der Waals surface area contributed by atoms with Crippen molar-refractivity contribution in [2.45, 2.75) is 26.5 Å². The molecule has 4 nitrogen and oxygen atoms in total. The third kappa shape index (κ3) is 2.93. The average Bonchev–Trinajstić information content (AvgIpc) is 3.09. The minimum atomic E-state index is -0.756. The molecule has 0 fully saturated rings. The van der Waals surface area contributed by atoms with Crippen LogP contribution in [-0.4, -0.2) is 19.6 Å². The van der Waals surface area contributed by atoms with Gasteiger partial charge in [-0.2, -0.15) is 0 Å². The first-order valence-electron chi connectivity index (χ1n) is 6.94. The average molecular weight is 317 g/mol. The molecule has 1 N–H and O–H groups in total. The predicted octanol–water partition coefficient (Wildman–Crippen LogP) is 3.56. The molecular formula is C16H16FN3OS. The number of rotatable bonds is 4. The quantitative estimate of drug-likeness (QED) is 0.800. The van der Waals surface area contributed by atoms with E-state index in [9.17, 15) is 9.50 Å². The molecule has 1 atom stereocenters. The molecule has 2 aromatic heterocycles. The molecule has 22 heavy (non-hydrogen) atoms. The minimum absolute atomic E-state index is 0.359. The van der Waals surface area contributed by atoms with Gasteiger partial charge in [-0.1, -0.05) is 0 Å². The highest BCUT2D eigenvalue weighted by Crippen LogP contribution is 2.34. The van der Waals surface area contributed by atoms with Crippen LogP contribution in [0.15, 0.2) is 36.9 Å². The molecule has 3 aromatic rings. The molecule has 0 radical (unpaired) electrons. The van der Waals surface area contributed by atoms with Crippen LogP contribution in [0.2, 0.25) is 0 Å². The Bertz CT molecular complexity index is 781. The monoisotopic (exact) mass is 317 g/mol. The van der Waals surface area contributed by atoms with E-state index in [0.717, 1.165) is 21.1 Å². The second kappa shape index (κ2) is 5.98. The van der Waals surface area contributed by atoms with Crippen molar-refractivity contribution in [1.29, 1.82) is 0 Å². The Balaban J connectivity index is 2.09. The number of halogens is 1. The molecule has 0 spiro atoms. The van der Waals surface area contributed by atoms with Crippen LogP contribution in [-0.2, 0) is 6.54 Å². The van der Waals surface area contributed by atoms with Gasteiger partial charge in [0.2, 0.25) is 0 Å². The van der Waals surface area contributed by atoms with E-state index in [1.807, 2.05) is 17.7 Å². The van der Waals surface area contributed by atoms with E-state index in [4.69, 9.17) is 0 Å². The highest BCUT2D eigenvalue weighted by atomic mass is 32.1. The number of hydrogen-bond acceptors (Lipinski definition) is 4. The molecule has 1 unspecified atom stereocenters. The van der Waals surface area contributed by atoms with E-state index in [1.165, 1.54) is 12.1 Å². The van der Waals surface area contributed by atoms with Crippen LogP contribution < -0.4 is 0 Å². The molecule has 0 aliphatic rings. The molecule has 0 saturated heterocycles. The lowest BCUT2D eigenvalue weighted by atomic mass is 9.99. The largest absolute Gasteiger partial charge is 0.389 e. The van der Waals surface area contributed by atoms with Crippen LogP contribution in [0.4, 0.5) is 4.39 Å². The summed E-state index contributed by atoms with van der Waals surface area (Å²) < 4.78 is 15.5. The number of thiazole rings is 1. The van der Waals surface area contributed by atoms with E-state index in [-0.39, 0.29) is 5.82 Å². The summed E-state index contributed by atoms with van der Waals surface area (Å²) in [5.74, 6) is -0.359. The van der Waals surface area contributed by atoms with Gasteiger partial charge in [-0.05, 0) is 37.6 Å². The Morgan fingerprint density at radius 3 is 2.91 bits per heavy atom. The lowest BCUT2D eigenvalue weighted by molar-refractivity contribution is 0.199.